The fraction of sp³-hybridized carbons (Fsp3) is 0.438. The van der Waals surface area contributed by atoms with E-state index in [9.17, 15) is 18.0 Å². The van der Waals surface area contributed by atoms with Gasteiger partial charge in [0.05, 0.1) is 31.1 Å². The van der Waals surface area contributed by atoms with Gasteiger partial charge in [0.2, 0.25) is 5.88 Å². The van der Waals surface area contributed by atoms with Crippen LogP contribution in [0.15, 0.2) is 24.5 Å². The summed E-state index contributed by atoms with van der Waals surface area (Å²) in [6.45, 7) is 1.67. The second-order valence-electron chi connectivity index (χ2n) is 5.86. The molecule has 1 saturated heterocycles. The molecule has 10 heteroatoms. The number of halogens is 3. The van der Waals surface area contributed by atoms with Crippen LogP contribution in [-0.4, -0.2) is 45.9 Å². The van der Waals surface area contributed by atoms with Crippen LogP contribution in [0.4, 0.5) is 18.0 Å². The van der Waals surface area contributed by atoms with Gasteiger partial charge < -0.3 is 15.0 Å². The van der Waals surface area contributed by atoms with Crippen molar-refractivity contribution < 1.29 is 22.7 Å². The van der Waals surface area contributed by atoms with E-state index < -0.39 is 11.9 Å². The number of amides is 2. The topological polar surface area (TPSA) is 72.3 Å². The Hall–Kier alpha value is -2.78. The van der Waals surface area contributed by atoms with Crippen LogP contribution >= 0.6 is 0 Å². The van der Waals surface area contributed by atoms with Crippen molar-refractivity contribution in [3.8, 4) is 11.6 Å². The number of likely N-dealkylation sites (tertiary alicyclic amines) is 1. The zero-order valence-corrected chi connectivity index (χ0v) is 14.1. The number of aromatic nitrogens is 3. The zero-order chi connectivity index (χ0) is 18.7. The second-order valence-corrected chi connectivity index (χ2v) is 5.86. The van der Waals surface area contributed by atoms with Crippen molar-refractivity contribution in [3.05, 3.63) is 35.8 Å². The summed E-state index contributed by atoms with van der Waals surface area (Å²) in [4.78, 5) is 17.2. The lowest BCUT2D eigenvalue weighted by atomic mass is 10.3. The van der Waals surface area contributed by atoms with Crippen molar-refractivity contribution in [1.82, 2.24) is 25.0 Å². The van der Waals surface area contributed by atoms with Gasteiger partial charge in [-0.25, -0.2) is 14.5 Å². The first-order valence-electron chi connectivity index (χ1n) is 8.07. The minimum absolute atomic E-state index is 0.159. The second kappa shape index (κ2) is 7.22. The summed E-state index contributed by atoms with van der Waals surface area (Å²) in [7, 11) is 1.43. The van der Waals surface area contributed by atoms with Gasteiger partial charge in [-0.1, -0.05) is 0 Å². The summed E-state index contributed by atoms with van der Waals surface area (Å²) in [5.41, 5.74) is -0.00756. The molecule has 0 radical (unpaired) electrons. The van der Waals surface area contributed by atoms with Crippen LogP contribution in [0, 0.1) is 0 Å². The van der Waals surface area contributed by atoms with Crippen molar-refractivity contribution in [2.75, 3.05) is 20.2 Å². The molecule has 2 amide bonds. The molecule has 26 heavy (non-hydrogen) atoms. The van der Waals surface area contributed by atoms with Crippen LogP contribution in [0.3, 0.4) is 0 Å². The smallest absolute Gasteiger partial charge is 0.433 e. The Bertz CT molecular complexity index is 767. The normalized spacial score (nSPS) is 14.5. The molecule has 140 valence electrons. The molecular weight excluding hydrogens is 351 g/mol. The molecule has 3 rings (SSSR count). The number of methoxy groups -OCH3 is 1. The first-order chi connectivity index (χ1) is 12.4. The fourth-order valence-corrected chi connectivity index (χ4v) is 2.71. The lowest BCUT2D eigenvalue weighted by Gasteiger charge is -2.15. The van der Waals surface area contributed by atoms with Crippen LogP contribution in [0.1, 0.15) is 24.1 Å². The fourth-order valence-electron chi connectivity index (χ4n) is 2.71. The zero-order valence-electron chi connectivity index (χ0n) is 14.1. The van der Waals surface area contributed by atoms with E-state index in [2.05, 4.69) is 15.4 Å². The third kappa shape index (κ3) is 3.89. The summed E-state index contributed by atoms with van der Waals surface area (Å²) < 4.78 is 44.4. The number of alkyl halides is 3. The maximum Gasteiger partial charge on any atom is 0.433 e. The molecule has 0 atom stereocenters. The van der Waals surface area contributed by atoms with Gasteiger partial charge in [-0.3, -0.25) is 0 Å². The Labute approximate surface area is 147 Å². The van der Waals surface area contributed by atoms with Gasteiger partial charge in [0.15, 0.2) is 0 Å². The molecule has 0 saturated carbocycles. The molecule has 1 fully saturated rings. The average Bonchev–Trinajstić information content (AvgIpc) is 3.28. The summed E-state index contributed by atoms with van der Waals surface area (Å²) in [6.07, 6.45) is 0.172. The maximum atomic E-state index is 12.6. The van der Waals surface area contributed by atoms with Crippen LogP contribution < -0.4 is 10.1 Å². The Morgan fingerprint density at radius 1 is 1.31 bits per heavy atom. The summed E-state index contributed by atoms with van der Waals surface area (Å²) in [5, 5.41) is 6.97. The standard InChI is InChI=1S/C16H18F3N5O2/c1-26-14-11(8-21-15(25)23-6-2-3-7-23)10-24(22-14)12-4-5-13(20-9-12)16(17,18)19/h4-5,9-10H,2-3,6-8H2,1H3,(H,21,25). The molecule has 7 nitrogen and oxygen atoms in total. The predicted molar refractivity (Wildman–Crippen MR) is 86.0 cm³/mol. The maximum absolute atomic E-state index is 12.6. The van der Waals surface area contributed by atoms with E-state index in [1.165, 1.54) is 17.9 Å². The van der Waals surface area contributed by atoms with E-state index >= 15 is 0 Å². The van der Waals surface area contributed by atoms with Gasteiger partial charge in [-0.15, -0.1) is 5.10 Å². The highest BCUT2D eigenvalue weighted by Crippen LogP contribution is 2.28. The highest BCUT2D eigenvalue weighted by atomic mass is 19.4. The van der Waals surface area contributed by atoms with Crippen LogP contribution in [0.2, 0.25) is 0 Å². The molecule has 0 bridgehead atoms. The lowest BCUT2D eigenvalue weighted by molar-refractivity contribution is -0.141. The van der Waals surface area contributed by atoms with Gasteiger partial charge in [-0.05, 0) is 25.0 Å². The highest BCUT2D eigenvalue weighted by Gasteiger charge is 2.32. The molecule has 3 heterocycles. The SMILES string of the molecule is COc1nn(-c2ccc(C(F)(F)F)nc2)cc1CNC(=O)N1CCCC1. The number of hydrogen-bond acceptors (Lipinski definition) is 4. The van der Waals surface area contributed by atoms with Crippen molar-refractivity contribution in [2.45, 2.75) is 25.6 Å². The average molecular weight is 369 g/mol. The summed E-state index contributed by atoms with van der Waals surface area (Å²) in [5.74, 6) is 0.284. The molecule has 1 aliphatic heterocycles. The third-order valence-corrected chi connectivity index (χ3v) is 4.07. The first kappa shape index (κ1) is 18.0. The van der Waals surface area contributed by atoms with Crippen molar-refractivity contribution in [1.29, 1.82) is 0 Å². The largest absolute Gasteiger partial charge is 0.480 e. The Morgan fingerprint density at radius 2 is 2.04 bits per heavy atom. The number of carbonyl (C=O) groups is 1. The van der Waals surface area contributed by atoms with Crippen molar-refractivity contribution in [2.24, 2.45) is 0 Å². The minimum atomic E-state index is -4.49. The van der Waals surface area contributed by atoms with E-state index in [0.29, 0.717) is 11.3 Å². The number of urea groups is 1. The molecule has 0 aliphatic carbocycles. The van der Waals surface area contributed by atoms with Crippen LogP contribution in [0.5, 0.6) is 5.88 Å². The lowest BCUT2D eigenvalue weighted by Crippen LogP contribution is -2.37. The Kier molecular flexibility index (Phi) is 5.01. The molecule has 0 aromatic carbocycles. The van der Waals surface area contributed by atoms with Crippen molar-refractivity contribution >= 4 is 6.03 Å². The third-order valence-electron chi connectivity index (χ3n) is 4.07. The van der Waals surface area contributed by atoms with Crippen LogP contribution in [-0.2, 0) is 12.7 Å². The predicted octanol–water partition coefficient (Wildman–Crippen LogP) is 2.60. The van der Waals surface area contributed by atoms with Crippen molar-refractivity contribution in [3.63, 3.8) is 0 Å². The molecule has 1 aliphatic rings. The Morgan fingerprint density at radius 3 is 2.62 bits per heavy atom. The minimum Gasteiger partial charge on any atom is -0.480 e. The molecule has 2 aromatic rings. The van der Waals surface area contributed by atoms with Gasteiger partial charge in [-0.2, -0.15) is 13.2 Å². The molecule has 0 spiro atoms. The first-order valence-corrected chi connectivity index (χ1v) is 8.07. The molecular formula is C16H18F3N5O2. The van der Waals surface area contributed by atoms with E-state index in [-0.39, 0.29) is 18.5 Å². The van der Waals surface area contributed by atoms with Gasteiger partial charge in [0, 0.05) is 19.3 Å². The highest BCUT2D eigenvalue weighted by molar-refractivity contribution is 5.74. The van der Waals surface area contributed by atoms with Crippen LogP contribution in [0.25, 0.3) is 5.69 Å². The van der Waals surface area contributed by atoms with E-state index in [1.54, 1.807) is 11.1 Å². The molecule has 1 N–H and O–H groups in total. The molecule has 2 aromatic heterocycles. The molecule has 0 unspecified atom stereocenters. The number of rotatable bonds is 4. The monoisotopic (exact) mass is 369 g/mol. The van der Waals surface area contributed by atoms with Gasteiger partial charge in [0.25, 0.3) is 0 Å². The van der Waals surface area contributed by atoms with Gasteiger partial charge >= 0.3 is 12.2 Å². The Balaban J connectivity index is 1.72. The van der Waals surface area contributed by atoms with E-state index in [1.807, 2.05) is 0 Å². The van der Waals surface area contributed by atoms with E-state index in [0.717, 1.165) is 38.2 Å². The number of carbonyl (C=O) groups excluding carboxylic acids is 1. The number of hydrogen-bond donors (Lipinski definition) is 1. The summed E-state index contributed by atoms with van der Waals surface area (Å²) in [6, 6.07) is 2.00. The summed E-state index contributed by atoms with van der Waals surface area (Å²) >= 11 is 0. The van der Waals surface area contributed by atoms with E-state index in [4.69, 9.17) is 4.74 Å². The van der Waals surface area contributed by atoms with Gasteiger partial charge in [0.1, 0.15) is 5.69 Å². The quantitative estimate of drug-likeness (QED) is 0.899. The number of pyridine rings is 1. The number of ether oxygens (including phenoxy) is 1. The number of nitrogens with zero attached hydrogens (tertiary/aromatic N) is 4. The number of nitrogens with one attached hydrogen (secondary N) is 1.